The van der Waals surface area contributed by atoms with Crippen molar-refractivity contribution in [2.24, 2.45) is 0 Å². The molecule has 2 aromatic carbocycles. The second-order valence-electron chi connectivity index (χ2n) is 5.86. The van der Waals surface area contributed by atoms with E-state index in [2.05, 4.69) is 5.32 Å². The first-order valence-electron chi connectivity index (χ1n) is 8.18. The van der Waals surface area contributed by atoms with Gasteiger partial charge in [-0.15, -0.1) is 0 Å². The monoisotopic (exact) mass is 327 g/mol. The Morgan fingerprint density at radius 2 is 1.67 bits per heavy atom. The lowest BCUT2D eigenvalue weighted by molar-refractivity contribution is -0.127. The second-order valence-corrected chi connectivity index (χ2v) is 5.86. The van der Waals surface area contributed by atoms with Gasteiger partial charge in [-0.05, 0) is 56.5 Å². The van der Waals surface area contributed by atoms with Crippen molar-refractivity contribution in [1.29, 1.82) is 0 Å². The summed E-state index contributed by atoms with van der Waals surface area (Å²) in [5.74, 6) is 1.43. The molecule has 2 aromatic rings. The molecule has 0 radical (unpaired) electrons. The van der Waals surface area contributed by atoms with Crippen LogP contribution < -0.4 is 14.8 Å². The number of nitrogens with one attached hydrogen (secondary N) is 1. The zero-order valence-electron chi connectivity index (χ0n) is 14.8. The molecule has 1 atom stereocenters. The fourth-order valence-corrected chi connectivity index (χ4v) is 2.29. The number of carbonyl (C=O) groups is 1. The highest BCUT2D eigenvalue weighted by Crippen LogP contribution is 2.21. The summed E-state index contributed by atoms with van der Waals surface area (Å²) in [5, 5.41) is 2.84. The van der Waals surface area contributed by atoms with Gasteiger partial charge in [-0.25, -0.2) is 0 Å². The number of hydrogen-bond acceptors (Lipinski definition) is 3. The van der Waals surface area contributed by atoms with E-state index in [0.717, 1.165) is 28.2 Å². The topological polar surface area (TPSA) is 47.6 Å². The number of ether oxygens (including phenoxy) is 2. The summed E-state index contributed by atoms with van der Waals surface area (Å²) < 4.78 is 11.4. The Bertz CT molecular complexity index is 697. The second kappa shape index (κ2) is 8.39. The summed E-state index contributed by atoms with van der Waals surface area (Å²) in [5.41, 5.74) is 3.28. The first-order chi connectivity index (χ1) is 11.5. The largest absolute Gasteiger partial charge is 0.491 e. The Kier molecular flexibility index (Phi) is 6.24. The van der Waals surface area contributed by atoms with Crippen LogP contribution in [0.5, 0.6) is 11.5 Å². The van der Waals surface area contributed by atoms with Crippen molar-refractivity contribution in [3.8, 4) is 11.5 Å². The van der Waals surface area contributed by atoms with E-state index >= 15 is 0 Å². The lowest BCUT2D eigenvalue weighted by atomic mass is 10.1. The lowest BCUT2D eigenvalue weighted by Gasteiger charge is -2.17. The number of rotatable bonds is 7. The molecular formula is C20H25NO3. The Balaban J connectivity index is 1.78. The van der Waals surface area contributed by atoms with Gasteiger partial charge < -0.3 is 14.8 Å². The molecule has 128 valence electrons. The molecule has 0 aliphatic rings. The molecular weight excluding hydrogens is 302 g/mol. The van der Waals surface area contributed by atoms with E-state index in [1.54, 1.807) is 6.92 Å². The summed E-state index contributed by atoms with van der Waals surface area (Å²) in [6, 6.07) is 13.6. The predicted molar refractivity (Wildman–Crippen MR) is 95.7 cm³/mol. The van der Waals surface area contributed by atoms with Crippen molar-refractivity contribution in [2.75, 3.05) is 13.2 Å². The van der Waals surface area contributed by atoms with Crippen LogP contribution >= 0.6 is 0 Å². The fraction of sp³-hybridized carbons (Fsp3) is 0.350. The van der Waals surface area contributed by atoms with Crippen molar-refractivity contribution in [3.05, 3.63) is 59.2 Å². The maximum atomic E-state index is 12.1. The van der Waals surface area contributed by atoms with Gasteiger partial charge in [0.2, 0.25) is 0 Å². The molecule has 0 saturated heterocycles. The molecule has 24 heavy (non-hydrogen) atoms. The van der Waals surface area contributed by atoms with E-state index in [1.165, 1.54) is 0 Å². The van der Waals surface area contributed by atoms with Crippen molar-refractivity contribution < 1.29 is 14.3 Å². The summed E-state index contributed by atoms with van der Waals surface area (Å²) in [6.45, 7) is 8.62. The fourth-order valence-electron chi connectivity index (χ4n) is 2.29. The molecule has 0 aliphatic carbocycles. The number of hydrogen-bond donors (Lipinski definition) is 1. The van der Waals surface area contributed by atoms with Crippen LogP contribution in [0.4, 0.5) is 0 Å². The maximum Gasteiger partial charge on any atom is 0.260 e. The molecule has 2 rings (SSSR count). The van der Waals surface area contributed by atoms with Gasteiger partial charge in [0.15, 0.2) is 6.10 Å². The van der Waals surface area contributed by atoms with Gasteiger partial charge in [-0.3, -0.25) is 4.79 Å². The smallest absolute Gasteiger partial charge is 0.260 e. The minimum Gasteiger partial charge on any atom is -0.491 e. The number of carbonyl (C=O) groups excluding carboxylic acids is 1. The number of para-hydroxylation sites is 1. The predicted octanol–water partition coefficient (Wildman–Crippen LogP) is 3.57. The molecule has 0 fully saturated rings. The van der Waals surface area contributed by atoms with E-state index in [-0.39, 0.29) is 5.91 Å². The van der Waals surface area contributed by atoms with Crippen LogP contribution in [0, 0.1) is 20.8 Å². The number of benzene rings is 2. The highest BCUT2D eigenvalue weighted by molar-refractivity contribution is 5.80. The van der Waals surface area contributed by atoms with Crippen molar-refractivity contribution in [2.45, 2.75) is 33.8 Å². The van der Waals surface area contributed by atoms with E-state index in [4.69, 9.17) is 9.47 Å². The zero-order chi connectivity index (χ0) is 17.5. The molecule has 0 saturated carbocycles. The average molecular weight is 327 g/mol. The Hall–Kier alpha value is -2.49. The normalized spacial score (nSPS) is 11.7. The zero-order valence-corrected chi connectivity index (χ0v) is 14.8. The van der Waals surface area contributed by atoms with Gasteiger partial charge in [0.05, 0.1) is 6.54 Å². The standard InChI is InChI=1S/C20H25NO3/c1-14-9-7-11-19(16(14)3)24-17(4)20(22)21-12-13-23-18-10-6-5-8-15(18)2/h5-11,17H,12-13H2,1-4H3,(H,21,22)/t17-/m1/s1. The molecule has 0 heterocycles. The molecule has 0 unspecified atom stereocenters. The van der Waals surface area contributed by atoms with Crippen molar-refractivity contribution >= 4 is 5.91 Å². The molecule has 1 N–H and O–H groups in total. The molecule has 4 nitrogen and oxygen atoms in total. The van der Waals surface area contributed by atoms with Crippen LogP contribution in [0.15, 0.2) is 42.5 Å². The van der Waals surface area contributed by atoms with Gasteiger partial charge in [0.25, 0.3) is 5.91 Å². The van der Waals surface area contributed by atoms with Gasteiger partial charge in [-0.2, -0.15) is 0 Å². The molecule has 0 spiro atoms. The van der Waals surface area contributed by atoms with E-state index in [9.17, 15) is 4.79 Å². The summed E-state index contributed by atoms with van der Waals surface area (Å²) >= 11 is 0. The molecule has 0 aliphatic heterocycles. The van der Waals surface area contributed by atoms with Gasteiger partial charge >= 0.3 is 0 Å². The SMILES string of the molecule is Cc1ccccc1OCCNC(=O)[C@@H](C)Oc1cccc(C)c1C. The third kappa shape index (κ3) is 4.75. The summed E-state index contributed by atoms with van der Waals surface area (Å²) in [4.78, 5) is 12.1. The van der Waals surface area contributed by atoms with Crippen LogP contribution in [-0.4, -0.2) is 25.2 Å². The summed E-state index contributed by atoms with van der Waals surface area (Å²) in [6.07, 6.45) is -0.552. The third-order valence-corrected chi connectivity index (χ3v) is 3.98. The highest BCUT2D eigenvalue weighted by Gasteiger charge is 2.15. The van der Waals surface area contributed by atoms with Crippen LogP contribution in [0.1, 0.15) is 23.6 Å². The maximum absolute atomic E-state index is 12.1. The van der Waals surface area contributed by atoms with Gasteiger partial charge in [0.1, 0.15) is 18.1 Å². The quantitative estimate of drug-likeness (QED) is 0.791. The highest BCUT2D eigenvalue weighted by atomic mass is 16.5. The van der Waals surface area contributed by atoms with E-state index in [0.29, 0.717) is 13.2 Å². The van der Waals surface area contributed by atoms with Crippen molar-refractivity contribution in [1.82, 2.24) is 5.32 Å². The minimum absolute atomic E-state index is 0.149. The van der Waals surface area contributed by atoms with Crippen LogP contribution in [0.3, 0.4) is 0 Å². The lowest BCUT2D eigenvalue weighted by Crippen LogP contribution is -2.38. The Morgan fingerprint density at radius 3 is 2.42 bits per heavy atom. The average Bonchev–Trinajstić information content (AvgIpc) is 2.57. The first-order valence-corrected chi connectivity index (χ1v) is 8.18. The van der Waals surface area contributed by atoms with Crippen LogP contribution in [-0.2, 0) is 4.79 Å². The number of aryl methyl sites for hydroxylation is 2. The van der Waals surface area contributed by atoms with Gasteiger partial charge in [-0.1, -0.05) is 30.3 Å². The number of amides is 1. The Morgan fingerprint density at radius 1 is 1.00 bits per heavy atom. The molecule has 0 bridgehead atoms. The Labute approximate surface area is 143 Å². The molecule has 0 aromatic heterocycles. The first kappa shape index (κ1) is 17.9. The van der Waals surface area contributed by atoms with Crippen LogP contribution in [0.25, 0.3) is 0 Å². The van der Waals surface area contributed by atoms with Gasteiger partial charge in [0, 0.05) is 0 Å². The van der Waals surface area contributed by atoms with E-state index < -0.39 is 6.10 Å². The van der Waals surface area contributed by atoms with Crippen LogP contribution in [0.2, 0.25) is 0 Å². The van der Waals surface area contributed by atoms with E-state index in [1.807, 2.05) is 63.2 Å². The molecule has 1 amide bonds. The summed E-state index contributed by atoms with van der Waals surface area (Å²) in [7, 11) is 0. The minimum atomic E-state index is -0.552. The van der Waals surface area contributed by atoms with Crippen molar-refractivity contribution in [3.63, 3.8) is 0 Å². The molecule has 4 heteroatoms. The third-order valence-electron chi connectivity index (χ3n) is 3.98.